The number of benzene rings is 2. The molecule has 0 bridgehead atoms. The summed E-state index contributed by atoms with van der Waals surface area (Å²) in [4.78, 5) is 12.3. The molecule has 0 fully saturated rings. The number of hydrogen-bond donors (Lipinski definition) is 1. The molecule has 0 saturated heterocycles. The van der Waals surface area contributed by atoms with Crippen LogP contribution >= 0.6 is 11.3 Å². The molecule has 0 atom stereocenters. The summed E-state index contributed by atoms with van der Waals surface area (Å²) in [6.45, 7) is 6.29. The topological polar surface area (TPSA) is 68.2 Å². The molecule has 27 heavy (non-hydrogen) atoms. The van der Waals surface area contributed by atoms with E-state index >= 15 is 0 Å². The van der Waals surface area contributed by atoms with Gasteiger partial charge in [0.1, 0.15) is 0 Å². The Hall–Kier alpha value is -1.96. The normalized spacial score (nSPS) is 12.1. The first kappa shape index (κ1) is 19.8. The summed E-state index contributed by atoms with van der Waals surface area (Å²) in [5.74, 6) is 0. The van der Waals surface area contributed by atoms with Gasteiger partial charge in [0.15, 0.2) is 0 Å². The van der Waals surface area contributed by atoms with Crippen LogP contribution in [-0.2, 0) is 16.4 Å². The Morgan fingerprint density at radius 1 is 1.15 bits per heavy atom. The molecule has 0 amide bonds. The van der Waals surface area contributed by atoms with E-state index in [1.54, 1.807) is 22.8 Å². The minimum Gasteiger partial charge on any atom is -0.296 e. The number of rotatable bonds is 7. The van der Waals surface area contributed by atoms with Crippen molar-refractivity contribution in [2.75, 3.05) is 6.54 Å². The zero-order valence-corrected chi connectivity index (χ0v) is 17.4. The second-order valence-electron chi connectivity index (χ2n) is 6.95. The van der Waals surface area contributed by atoms with Crippen molar-refractivity contribution in [3.8, 4) is 0 Å². The van der Waals surface area contributed by atoms with Crippen LogP contribution in [0.2, 0.25) is 0 Å². The zero-order valence-electron chi connectivity index (χ0n) is 15.7. The SMILES string of the molecule is Cc1cccc(CCCNS(=O)(=O)c2ccc3c(c2)sc(=O)n3C(C)C)c1. The summed E-state index contributed by atoms with van der Waals surface area (Å²) in [5, 5.41) is 0. The molecule has 1 heterocycles. The molecule has 0 aliphatic carbocycles. The first-order valence-electron chi connectivity index (χ1n) is 8.98. The lowest BCUT2D eigenvalue weighted by atomic mass is 10.1. The Kier molecular flexibility index (Phi) is 5.83. The molecule has 0 spiro atoms. The average molecular weight is 405 g/mol. The Morgan fingerprint density at radius 2 is 1.93 bits per heavy atom. The highest BCUT2D eigenvalue weighted by Gasteiger charge is 2.17. The Bertz CT molecular complexity index is 1110. The highest BCUT2D eigenvalue weighted by Crippen LogP contribution is 2.24. The van der Waals surface area contributed by atoms with E-state index < -0.39 is 10.0 Å². The molecular formula is C20H24N2O3S2. The number of hydrogen-bond acceptors (Lipinski definition) is 4. The van der Waals surface area contributed by atoms with Crippen molar-refractivity contribution in [3.63, 3.8) is 0 Å². The summed E-state index contributed by atoms with van der Waals surface area (Å²) in [7, 11) is -3.59. The monoisotopic (exact) mass is 404 g/mol. The summed E-state index contributed by atoms with van der Waals surface area (Å²) < 4.78 is 30.2. The van der Waals surface area contributed by atoms with Gasteiger partial charge in [-0.3, -0.25) is 9.36 Å². The molecule has 144 valence electrons. The van der Waals surface area contributed by atoms with Gasteiger partial charge in [-0.2, -0.15) is 0 Å². The van der Waals surface area contributed by atoms with Crippen molar-refractivity contribution in [2.24, 2.45) is 0 Å². The van der Waals surface area contributed by atoms with Crippen molar-refractivity contribution < 1.29 is 8.42 Å². The van der Waals surface area contributed by atoms with Crippen LogP contribution in [0.4, 0.5) is 0 Å². The van der Waals surface area contributed by atoms with E-state index in [1.165, 1.54) is 11.1 Å². The number of aromatic nitrogens is 1. The molecule has 3 aromatic rings. The molecule has 3 rings (SSSR count). The smallest absolute Gasteiger partial charge is 0.296 e. The van der Waals surface area contributed by atoms with E-state index in [2.05, 4.69) is 16.9 Å². The van der Waals surface area contributed by atoms with E-state index in [0.29, 0.717) is 11.2 Å². The molecule has 0 aliphatic rings. The molecule has 0 radical (unpaired) electrons. The molecule has 2 aromatic carbocycles. The van der Waals surface area contributed by atoms with E-state index in [4.69, 9.17) is 0 Å². The molecule has 0 saturated carbocycles. The number of nitrogens with zero attached hydrogens (tertiary/aromatic N) is 1. The molecule has 7 heteroatoms. The maximum absolute atomic E-state index is 12.6. The highest BCUT2D eigenvalue weighted by atomic mass is 32.2. The van der Waals surface area contributed by atoms with Crippen molar-refractivity contribution in [3.05, 3.63) is 63.3 Å². The first-order chi connectivity index (χ1) is 12.8. The summed E-state index contributed by atoms with van der Waals surface area (Å²) in [6.07, 6.45) is 1.55. The van der Waals surface area contributed by atoms with Crippen molar-refractivity contribution in [1.82, 2.24) is 9.29 Å². The second-order valence-corrected chi connectivity index (χ2v) is 9.71. The zero-order chi connectivity index (χ0) is 19.6. The van der Waals surface area contributed by atoms with Crippen LogP contribution in [0, 0.1) is 6.92 Å². The molecule has 0 unspecified atom stereocenters. The third-order valence-electron chi connectivity index (χ3n) is 4.43. The Morgan fingerprint density at radius 3 is 2.63 bits per heavy atom. The summed E-state index contributed by atoms with van der Waals surface area (Å²) >= 11 is 1.08. The minimum atomic E-state index is -3.59. The van der Waals surface area contributed by atoms with Crippen LogP contribution in [-0.4, -0.2) is 19.5 Å². The van der Waals surface area contributed by atoms with E-state index in [-0.39, 0.29) is 15.8 Å². The number of nitrogens with one attached hydrogen (secondary N) is 1. The van der Waals surface area contributed by atoms with Gasteiger partial charge in [0.2, 0.25) is 10.0 Å². The average Bonchev–Trinajstić information content (AvgIpc) is 2.94. The molecule has 1 N–H and O–H groups in total. The van der Waals surface area contributed by atoms with Gasteiger partial charge in [0.25, 0.3) is 0 Å². The Balaban J connectivity index is 1.70. The van der Waals surface area contributed by atoms with Gasteiger partial charge in [-0.1, -0.05) is 41.2 Å². The van der Waals surface area contributed by atoms with Gasteiger partial charge in [0, 0.05) is 12.6 Å². The lowest BCUT2D eigenvalue weighted by Crippen LogP contribution is -2.25. The van der Waals surface area contributed by atoms with Crippen LogP contribution < -0.4 is 9.60 Å². The van der Waals surface area contributed by atoms with Gasteiger partial charge in [-0.25, -0.2) is 13.1 Å². The van der Waals surface area contributed by atoms with E-state index in [0.717, 1.165) is 29.7 Å². The van der Waals surface area contributed by atoms with Crippen LogP contribution in [0.1, 0.15) is 37.4 Å². The maximum atomic E-state index is 12.6. The number of thiazole rings is 1. The van der Waals surface area contributed by atoms with Crippen LogP contribution in [0.5, 0.6) is 0 Å². The molecule has 0 aliphatic heterocycles. The standard InChI is InChI=1S/C20H24N2O3S2/c1-14(2)22-18-10-9-17(13-19(18)26-20(22)23)27(24,25)21-11-5-8-16-7-4-6-15(3)12-16/h4,6-7,9-10,12-14,21H,5,8,11H2,1-3H3. The van der Waals surface area contributed by atoms with Crippen LogP contribution in [0.15, 0.2) is 52.2 Å². The predicted molar refractivity (Wildman–Crippen MR) is 111 cm³/mol. The summed E-state index contributed by atoms with van der Waals surface area (Å²) in [5.41, 5.74) is 3.18. The van der Waals surface area contributed by atoms with Crippen molar-refractivity contribution >= 4 is 31.6 Å². The van der Waals surface area contributed by atoms with Gasteiger partial charge >= 0.3 is 4.87 Å². The summed E-state index contributed by atoms with van der Waals surface area (Å²) in [6, 6.07) is 13.1. The number of fused-ring (bicyclic) bond motifs is 1. The van der Waals surface area contributed by atoms with Crippen LogP contribution in [0.3, 0.4) is 0 Å². The van der Waals surface area contributed by atoms with Crippen molar-refractivity contribution in [2.45, 2.75) is 44.6 Å². The van der Waals surface area contributed by atoms with E-state index in [9.17, 15) is 13.2 Å². The fourth-order valence-electron chi connectivity index (χ4n) is 3.12. The molecule has 1 aromatic heterocycles. The number of sulfonamides is 1. The predicted octanol–water partition coefficient (Wildman–Crippen LogP) is 3.86. The largest absolute Gasteiger partial charge is 0.308 e. The lowest BCUT2D eigenvalue weighted by Gasteiger charge is -2.09. The quantitative estimate of drug-likeness (QED) is 0.608. The van der Waals surface area contributed by atoms with Gasteiger partial charge in [0.05, 0.1) is 15.1 Å². The van der Waals surface area contributed by atoms with Gasteiger partial charge in [-0.15, -0.1) is 0 Å². The Labute approximate surface area is 163 Å². The van der Waals surface area contributed by atoms with Gasteiger partial charge < -0.3 is 0 Å². The fourth-order valence-corrected chi connectivity index (χ4v) is 5.35. The minimum absolute atomic E-state index is 0.0356. The lowest BCUT2D eigenvalue weighted by molar-refractivity contribution is 0.579. The second kappa shape index (κ2) is 7.96. The highest BCUT2D eigenvalue weighted by molar-refractivity contribution is 7.89. The van der Waals surface area contributed by atoms with Crippen LogP contribution in [0.25, 0.3) is 10.2 Å². The third kappa shape index (κ3) is 4.48. The molecule has 5 nitrogen and oxygen atoms in total. The van der Waals surface area contributed by atoms with E-state index in [1.807, 2.05) is 32.9 Å². The van der Waals surface area contributed by atoms with Gasteiger partial charge in [-0.05, 0) is 57.4 Å². The fraction of sp³-hybridized carbons (Fsp3) is 0.350. The third-order valence-corrected chi connectivity index (χ3v) is 6.81. The number of aryl methyl sites for hydroxylation is 2. The first-order valence-corrected chi connectivity index (χ1v) is 11.3. The maximum Gasteiger partial charge on any atom is 0.308 e. The molecular weight excluding hydrogens is 380 g/mol. The van der Waals surface area contributed by atoms with Crippen molar-refractivity contribution in [1.29, 1.82) is 0 Å².